The van der Waals surface area contributed by atoms with Crippen molar-refractivity contribution >= 4 is 6.09 Å². The van der Waals surface area contributed by atoms with Gasteiger partial charge in [-0.2, -0.15) is 5.10 Å². The quantitative estimate of drug-likeness (QED) is 0.827. The fraction of sp³-hybridized carbons (Fsp3) is 0.667. The monoisotopic (exact) mass is 253 g/mol. The summed E-state index contributed by atoms with van der Waals surface area (Å²) in [6.07, 6.45) is 1.22. The molecule has 0 spiro atoms. The number of carbonyl (C=O) groups is 1. The largest absolute Gasteiger partial charge is 0.444 e. The highest BCUT2D eigenvalue weighted by Crippen LogP contribution is 2.21. The second-order valence-corrected chi connectivity index (χ2v) is 5.30. The van der Waals surface area contributed by atoms with Crippen LogP contribution in [-0.2, 0) is 9.47 Å². The first kappa shape index (κ1) is 12.9. The molecule has 6 heteroatoms. The lowest BCUT2D eigenvalue weighted by Gasteiger charge is -2.33. The maximum atomic E-state index is 12.0. The van der Waals surface area contributed by atoms with E-state index in [2.05, 4.69) is 10.2 Å². The van der Waals surface area contributed by atoms with Crippen molar-refractivity contribution in [2.45, 2.75) is 32.5 Å². The van der Waals surface area contributed by atoms with Crippen LogP contribution in [0.25, 0.3) is 0 Å². The molecule has 1 aliphatic heterocycles. The zero-order valence-electron chi connectivity index (χ0n) is 11.0. The number of aromatic nitrogens is 2. The Hall–Kier alpha value is -1.56. The van der Waals surface area contributed by atoms with Crippen molar-refractivity contribution in [3.05, 3.63) is 18.0 Å². The van der Waals surface area contributed by atoms with Gasteiger partial charge >= 0.3 is 6.09 Å². The molecule has 18 heavy (non-hydrogen) atoms. The van der Waals surface area contributed by atoms with Crippen molar-refractivity contribution in [1.29, 1.82) is 0 Å². The molecule has 0 radical (unpaired) electrons. The average Bonchev–Trinajstić information content (AvgIpc) is 2.80. The number of carbonyl (C=O) groups excluding carboxylic acids is 1. The fourth-order valence-corrected chi connectivity index (χ4v) is 1.78. The maximum absolute atomic E-state index is 12.0. The molecular formula is C12H19N3O3. The smallest absolute Gasteiger partial charge is 0.410 e. The van der Waals surface area contributed by atoms with Crippen LogP contribution in [0.1, 0.15) is 32.6 Å². The number of aromatic amines is 1. The number of hydrogen-bond acceptors (Lipinski definition) is 4. The molecule has 0 bridgehead atoms. The Balaban J connectivity index is 1.96. The molecule has 0 saturated carbocycles. The van der Waals surface area contributed by atoms with Crippen molar-refractivity contribution in [3.63, 3.8) is 0 Å². The van der Waals surface area contributed by atoms with E-state index in [4.69, 9.17) is 9.47 Å². The van der Waals surface area contributed by atoms with Crippen molar-refractivity contribution < 1.29 is 14.3 Å². The predicted octanol–water partition coefficient (Wildman–Crippen LogP) is 1.72. The van der Waals surface area contributed by atoms with Crippen molar-refractivity contribution in [2.75, 3.05) is 19.7 Å². The molecule has 1 fully saturated rings. The second-order valence-electron chi connectivity index (χ2n) is 5.30. The molecule has 2 rings (SSSR count). The van der Waals surface area contributed by atoms with Gasteiger partial charge in [0.15, 0.2) is 0 Å². The van der Waals surface area contributed by atoms with Crippen LogP contribution in [0.15, 0.2) is 12.3 Å². The van der Waals surface area contributed by atoms with Gasteiger partial charge in [0, 0.05) is 12.7 Å². The van der Waals surface area contributed by atoms with E-state index < -0.39 is 5.60 Å². The lowest BCUT2D eigenvalue weighted by Crippen LogP contribution is -2.44. The van der Waals surface area contributed by atoms with Gasteiger partial charge in [0.05, 0.1) is 18.8 Å². The van der Waals surface area contributed by atoms with Gasteiger partial charge in [-0.25, -0.2) is 4.79 Å². The summed E-state index contributed by atoms with van der Waals surface area (Å²) in [5.74, 6) is 0. The van der Waals surface area contributed by atoms with Gasteiger partial charge in [0.2, 0.25) is 0 Å². The third-order valence-electron chi connectivity index (χ3n) is 2.59. The zero-order chi connectivity index (χ0) is 13.2. The minimum Gasteiger partial charge on any atom is -0.444 e. The first-order chi connectivity index (χ1) is 8.46. The molecule has 1 aromatic heterocycles. The number of amides is 1. The number of nitrogens with one attached hydrogen (secondary N) is 1. The van der Waals surface area contributed by atoms with E-state index in [0.29, 0.717) is 19.7 Å². The van der Waals surface area contributed by atoms with Gasteiger partial charge in [-0.1, -0.05) is 0 Å². The van der Waals surface area contributed by atoms with E-state index in [1.54, 1.807) is 11.1 Å². The molecule has 1 aromatic rings. The summed E-state index contributed by atoms with van der Waals surface area (Å²) in [7, 11) is 0. The summed E-state index contributed by atoms with van der Waals surface area (Å²) in [6.45, 7) is 7.12. The Morgan fingerprint density at radius 3 is 3.00 bits per heavy atom. The molecule has 1 aliphatic rings. The highest BCUT2D eigenvalue weighted by molar-refractivity contribution is 5.68. The molecule has 1 atom stereocenters. The Morgan fingerprint density at radius 1 is 1.61 bits per heavy atom. The highest BCUT2D eigenvalue weighted by atomic mass is 16.6. The Kier molecular flexibility index (Phi) is 3.56. The van der Waals surface area contributed by atoms with Crippen LogP contribution in [0.3, 0.4) is 0 Å². The number of nitrogens with zero attached hydrogens (tertiary/aromatic N) is 2. The molecule has 0 aliphatic carbocycles. The van der Waals surface area contributed by atoms with E-state index in [-0.39, 0.29) is 12.2 Å². The van der Waals surface area contributed by atoms with Gasteiger partial charge < -0.3 is 14.4 Å². The highest BCUT2D eigenvalue weighted by Gasteiger charge is 2.29. The van der Waals surface area contributed by atoms with Gasteiger partial charge in [-0.15, -0.1) is 0 Å². The van der Waals surface area contributed by atoms with Crippen LogP contribution in [0.5, 0.6) is 0 Å². The number of rotatable bonds is 1. The normalized spacial score (nSPS) is 20.8. The first-order valence-electron chi connectivity index (χ1n) is 6.04. The number of morpholine rings is 1. The van der Waals surface area contributed by atoms with E-state index in [1.165, 1.54) is 0 Å². The summed E-state index contributed by atoms with van der Waals surface area (Å²) in [6, 6.07) is 1.85. The minimum atomic E-state index is -0.473. The number of hydrogen-bond donors (Lipinski definition) is 1. The van der Waals surface area contributed by atoms with Gasteiger partial charge in [-0.05, 0) is 26.8 Å². The Bertz CT molecular complexity index is 397. The van der Waals surface area contributed by atoms with Crippen molar-refractivity contribution in [3.8, 4) is 0 Å². The van der Waals surface area contributed by atoms with E-state index >= 15 is 0 Å². The standard InChI is InChI=1S/C12H19N3O3/c1-12(2,3)18-11(16)15-6-7-17-10(8-15)9-4-5-13-14-9/h4-5,10H,6-8H2,1-3H3,(H,13,14)/t10-/m0/s1. The van der Waals surface area contributed by atoms with E-state index in [1.807, 2.05) is 26.8 Å². The summed E-state index contributed by atoms with van der Waals surface area (Å²) in [5.41, 5.74) is 0.405. The summed E-state index contributed by atoms with van der Waals surface area (Å²) < 4.78 is 11.0. The van der Waals surface area contributed by atoms with Crippen LogP contribution in [-0.4, -0.2) is 46.5 Å². The molecule has 100 valence electrons. The Morgan fingerprint density at radius 2 is 2.39 bits per heavy atom. The fourth-order valence-electron chi connectivity index (χ4n) is 1.78. The van der Waals surface area contributed by atoms with Crippen LogP contribution in [0, 0.1) is 0 Å². The summed E-state index contributed by atoms with van der Waals surface area (Å²) >= 11 is 0. The topological polar surface area (TPSA) is 67.4 Å². The van der Waals surface area contributed by atoms with Gasteiger partial charge in [0.25, 0.3) is 0 Å². The van der Waals surface area contributed by atoms with Crippen LogP contribution in [0.4, 0.5) is 4.79 Å². The van der Waals surface area contributed by atoms with Crippen LogP contribution >= 0.6 is 0 Å². The van der Waals surface area contributed by atoms with Gasteiger partial charge in [-0.3, -0.25) is 5.10 Å². The predicted molar refractivity (Wildman–Crippen MR) is 65.1 cm³/mol. The Labute approximate surface area is 106 Å². The lowest BCUT2D eigenvalue weighted by molar-refractivity contribution is -0.0447. The molecule has 0 unspecified atom stereocenters. The third kappa shape index (κ3) is 3.22. The number of H-pyrrole nitrogens is 1. The molecule has 0 aromatic carbocycles. The zero-order valence-corrected chi connectivity index (χ0v) is 11.0. The minimum absolute atomic E-state index is 0.159. The molecule has 6 nitrogen and oxygen atoms in total. The average molecular weight is 253 g/mol. The molecule has 2 heterocycles. The molecule has 1 amide bonds. The van der Waals surface area contributed by atoms with Crippen molar-refractivity contribution in [1.82, 2.24) is 15.1 Å². The maximum Gasteiger partial charge on any atom is 0.410 e. The molecule has 1 saturated heterocycles. The molecular weight excluding hydrogens is 234 g/mol. The summed E-state index contributed by atoms with van der Waals surface area (Å²) in [5, 5.41) is 6.75. The first-order valence-corrected chi connectivity index (χ1v) is 6.04. The van der Waals surface area contributed by atoms with Crippen LogP contribution < -0.4 is 0 Å². The van der Waals surface area contributed by atoms with Crippen molar-refractivity contribution in [2.24, 2.45) is 0 Å². The van der Waals surface area contributed by atoms with E-state index in [0.717, 1.165) is 5.69 Å². The summed E-state index contributed by atoms with van der Waals surface area (Å²) in [4.78, 5) is 13.6. The lowest BCUT2D eigenvalue weighted by atomic mass is 10.2. The second kappa shape index (κ2) is 4.97. The SMILES string of the molecule is CC(C)(C)OC(=O)N1CCO[C@H](c2ccn[nH]2)C1. The number of ether oxygens (including phenoxy) is 2. The third-order valence-corrected chi connectivity index (χ3v) is 2.59. The van der Waals surface area contributed by atoms with E-state index in [9.17, 15) is 4.79 Å². The van der Waals surface area contributed by atoms with Crippen LogP contribution in [0.2, 0.25) is 0 Å². The van der Waals surface area contributed by atoms with Gasteiger partial charge in [0.1, 0.15) is 11.7 Å². The molecule has 1 N–H and O–H groups in total.